The van der Waals surface area contributed by atoms with Gasteiger partial charge in [0.2, 0.25) is 11.9 Å². The Morgan fingerprint density at radius 2 is 2.37 bits per heavy atom. The Bertz CT molecular complexity index is 727. The van der Waals surface area contributed by atoms with Gasteiger partial charge in [0.1, 0.15) is 12.4 Å². The maximum atomic E-state index is 12.0. The fourth-order valence-corrected chi connectivity index (χ4v) is 4.74. The van der Waals surface area contributed by atoms with Crippen molar-refractivity contribution in [2.24, 2.45) is 11.8 Å². The van der Waals surface area contributed by atoms with Crippen LogP contribution in [0.3, 0.4) is 0 Å². The van der Waals surface area contributed by atoms with Gasteiger partial charge in [-0.2, -0.15) is 4.98 Å². The highest BCUT2D eigenvalue weighted by atomic mass is 16.5. The predicted octanol–water partition coefficient (Wildman–Crippen LogP) is 0.892. The molecule has 4 atom stereocenters. The number of nitrogen functional groups attached to an aromatic ring is 1. The van der Waals surface area contributed by atoms with Crippen LogP contribution in [0.25, 0.3) is 0 Å². The van der Waals surface area contributed by atoms with Gasteiger partial charge in [0.05, 0.1) is 24.4 Å². The van der Waals surface area contributed by atoms with Gasteiger partial charge in [0.25, 0.3) is 0 Å². The second kappa shape index (κ2) is 6.91. The van der Waals surface area contributed by atoms with Gasteiger partial charge in [0, 0.05) is 36.7 Å². The van der Waals surface area contributed by atoms with Crippen molar-refractivity contribution in [3.05, 3.63) is 11.8 Å². The summed E-state index contributed by atoms with van der Waals surface area (Å²) in [5.41, 5.74) is 6.71. The molecule has 0 radical (unpaired) electrons. The molecule has 3 aliphatic rings. The number of anilines is 2. The number of nitrogens with one attached hydrogen (secondary N) is 1. The Balaban J connectivity index is 1.42. The molecule has 2 bridgehead atoms. The minimum atomic E-state index is -0.141. The first-order valence-electron chi connectivity index (χ1n) is 9.78. The fraction of sp³-hybridized carbons (Fsp3) is 0.737. The van der Waals surface area contributed by atoms with E-state index >= 15 is 0 Å². The summed E-state index contributed by atoms with van der Waals surface area (Å²) in [7, 11) is 0. The maximum absolute atomic E-state index is 12.0. The summed E-state index contributed by atoms with van der Waals surface area (Å²) in [6.45, 7) is 8.11. The SMILES string of the molecule is Cc1cnc(N2C[C@@H]3[C@H](CNC(=O)COC(C)C)[C@H]4CC[C@]3(C2)O4)nc1N. The molecule has 8 nitrogen and oxygen atoms in total. The number of hydrogen-bond donors (Lipinski definition) is 2. The molecule has 3 saturated heterocycles. The Morgan fingerprint density at radius 1 is 1.56 bits per heavy atom. The van der Waals surface area contributed by atoms with Gasteiger partial charge in [-0.1, -0.05) is 0 Å². The van der Waals surface area contributed by atoms with Crippen LogP contribution in [0.4, 0.5) is 11.8 Å². The lowest BCUT2D eigenvalue weighted by Gasteiger charge is -2.29. The highest BCUT2D eigenvalue weighted by molar-refractivity contribution is 5.77. The molecule has 8 heteroatoms. The first-order valence-corrected chi connectivity index (χ1v) is 9.78. The predicted molar refractivity (Wildman–Crippen MR) is 101 cm³/mol. The van der Waals surface area contributed by atoms with E-state index in [9.17, 15) is 4.79 Å². The highest BCUT2D eigenvalue weighted by Gasteiger charge is 2.63. The molecule has 1 aromatic rings. The molecular formula is C19H29N5O3. The van der Waals surface area contributed by atoms with Gasteiger partial charge in [0.15, 0.2) is 0 Å². The minimum absolute atomic E-state index is 0.0511. The van der Waals surface area contributed by atoms with Gasteiger partial charge >= 0.3 is 0 Å². The number of hydrogen-bond acceptors (Lipinski definition) is 7. The summed E-state index contributed by atoms with van der Waals surface area (Å²) in [6, 6.07) is 0. The van der Waals surface area contributed by atoms with E-state index in [4.69, 9.17) is 15.2 Å². The number of aromatic nitrogens is 2. The Kier molecular flexibility index (Phi) is 4.71. The molecule has 1 spiro atoms. The van der Waals surface area contributed by atoms with Crippen LogP contribution in [0.2, 0.25) is 0 Å². The summed E-state index contributed by atoms with van der Waals surface area (Å²) in [6.07, 6.45) is 4.15. The van der Waals surface area contributed by atoms with Crippen molar-refractivity contribution in [1.29, 1.82) is 0 Å². The summed E-state index contributed by atoms with van der Waals surface area (Å²) in [4.78, 5) is 23.1. The van der Waals surface area contributed by atoms with Gasteiger partial charge in [-0.3, -0.25) is 4.79 Å². The van der Waals surface area contributed by atoms with Crippen LogP contribution in [0.5, 0.6) is 0 Å². The smallest absolute Gasteiger partial charge is 0.246 e. The fourth-order valence-electron chi connectivity index (χ4n) is 4.74. The number of fused-ring (bicyclic) bond motifs is 1. The number of nitrogens with two attached hydrogens (primary N) is 1. The molecule has 0 aliphatic carbocycles. The summed E-state index contributed by atoms with van der Waals surface area (Å²) in [5, 5.41) is 3.03. The van der Waals surface area contributed by atoms with Gasteiger partial charge in [-0.05, 0) is 33.6 Å². The van der Waals surface area contributed by atoms with E-state index in [0.29, 0.717) is 30.1 Å². The molecule has 1 amide bonds. The Hall–Kier alpha value is -1.93. The average molecular weight is 375 g/mol. The van der Waals surface area contributed by atoms with E-state index in [1.165, 1.54) is 0 Å². The van der Waals surface area contributed by atoms with E-state index in [2.05, 4.69) is 20.2 Å². The van der Waals surface area contributed by atoms with Crippen LogP contribution in [-0.4, -0.2) is 59.9 Å². The third-order valence-electron chi connectivity index (χ3n) is 6.15. The third kappa shape index (κ3) is 3.36. The molecule has 3 fully saturated rings. The Labute approximate surface area is 159 Å². The second-order valence-corrected chi connectivity index (χ2v) is 8.31. The number of carbonyl (C=O) groups is 1. The molecule has 4 heterocycles. The zero-order valence-electron chi connectivity index (χ0n) is 16.3. The topological polar surface area (TPSA) is 103 Å². The number of amides is 1. The van der Waals surface area contributed by atoms with Gasteiger partial charge < -0.3 is 25.4 Å². The van der Waals surface area contributed by atoms with Gasteiger partial charge in [-0.15, -0.1) is 0 Å². The lowest BCUT2D eigenvalue weighted by atomic mass is 9.73. The largest absolute Gasteiger partial charge is 0.383 e. The number of carbonyl (C=O) groups excluding carboxylic acids is 1. The first-order chi connectivity index (χ1) is 12.9. The Morgan fingerprint density at radius 3 is 3.11 bits per heavy atom. The monoisotopic (exact) mass is 375 g/mol. The van der Waals surface area contributed by atoms with E-state index in [1.54, 1.807) is 6.20 Å². The molecule has 4 rings (SSSR count). The summed E-state index contributed by atoms with van der Waals surface area (Å²) >= 11 is 0. The standard InChI is InChI=1S/C19H29N5O3/c1-11(2)26-9-16(25)21-7-13-14-8-24(10-19(14)5-4-15(13)27-19)18-22-6-12(3)17(20)23-18/h6,11,13-15H,4-5,7-10H2,1-3H3,(H,21,25)(H2,20,22,23)/t13-,14+,15+,19+/m0/s1. The molecule has 0 unspecified atom stereocenters. The van der Waals surface area contributed by atoms with E-state index in [0.717, 1.165) is 31.5 Å². The number of rotatable bonds is 6. The number of aryl methyl sites for hydroxylation is 1. The molecular weight excluding hydrogens is 346 g/mol. The zero-order chi connectivity index (χ0) is 19.2. The van der Waals surface area contributed by atoms with Crippen LogP contribution in [-0.2, 0) is 14.3 Å². The molecule has 1 aromatic heterocycles. The number of ether oxygens (including phenoxy) is 2. The normalized spacial score (nSPS) is 31.6. The highest BCUT2D eigenvalue weighted by Crippen LogP contribution is 2.54. The van der Waals surface area contributed by atoms with E-state index in [1.807, 2.05) is 20.8 Å². The van der Waals surface area contributed by atoms with Crippen molar-refractivity contribution in [2.75, 3.05) is 36.9 Å². The van der Waals surface area contributed by atoms with E-state index in [-0.39, 0.29) is 30.3 Å². The van der Waals surface area contributed by atoms with Crippen molar-refractivity contribution >= 4 is 17.7 Å². The third-order valence-corrected chi connectivity index (χ3v) is 6.15. The van der Waals surface area contributed by atoms with E-state index < -0.39 is 0 Å². The van der Waals surface area contributed by atoms with Crippen molar-refractivity contribution < 1.29 is 14.3 Å². The lowest BCUT2D eigenvalue weighted by Crippen LogP contribution is -2.42. The summed E-state index contributed by atoms with van der Waals surface area (Å²) in [5.74, 6) is 1.81. The van der Waals surface area contributed by atoms with Crippen molar-refractivity contribution in [2.45, 2.75) is 51.4 Å². The summed E-state index contributed by atoms with van der Waals surface area (Å²) < 4.78 is 11.8. The minimum Gasteiger partial charge on any atom is -0.383 e. The van der Waals surface area contributed by atoms with Crippen LogP contribution in [0.15, 0.2) is 6.20 Å². The second-order valence-electron chi connectivity index (χ2n) is 8.31. The zero-order valence-corrected chi connectivity index (χ0v) is 16.3. The van der Waals surface area contributed by atoms with Crippen molar-refractivity contribution in [1.82, 2.24) is 15.3 Å². The average Bonchev–Trinajstić information content (AvgIpc) is 3.28. The van der Waals surface area contributed by atoms with Gasteiger partial charge in [-0.25, -0.2) is 4.98 Å². The van der Waals surface area contributed by atoms with Crippen LogP contribution >= 0.6 is 0 Å². The lowest BCUT2D eigenvalue weighted by molar-refractivity contribution is -0.127. The molecule has 0 aromatic carbocycles. The van der Waals surface area contributed by atoms with Crippen LogP contribution in [0.1, 0.15) is 32.3 Å². The number of nitrogens with zero attached hydrogens (tertiary/aromatic N) is 3. The first kappa shape index (κ1) is 18.4. The molecule has 0 saturated carbocycles. The van der Waals surface area contributed by atoms with Crippen LogP contribution in [0, 0.1) is 18.8 Å². The van der Waals surface area contributed by atoms with Crippen LogP contribution < -0.4 is 16.0 Å². The molecule has 3 N–H and O–H groups in total. The molecule has 27 heavy (non-hydrogen) atoms. The molecule has 3 aliphatic heterocycles. The van der Waals surface area contributed by atoms with Crippen molar-refractivity contribution in [3.8, 4) is 0 Å². The van der Waals surface area contributed by atoms with Crippen molar-refractivity contribution in [3.63, 3.8) is 0 Å². The quantitative estimate of drug-likeness (QED) is 0.761. The molecule has 148 valence electrons. The maximum Gasteiger partial charge on any atom is 0.246 e.